The van der Waals surface area contributed by atoms with E-state index in [0.717, 1.165) is 18.5 Å². The molecule has 1 aromatic carbocycles. The highest BCUT2D eigenvalue weighted by atomic mass is 16.5. The van der Waals surface area contributed by atoms with Crippen molar-refractivity contribution >= 4 is 23.3 Å². The van der Waals surface area contributed by atoms with E-state index in [9.17, 15) is 4.79 Å². The molecule has 0 saturated carbocycles. The monoisotopic (exact) mass is 434 g/mol. The number of hydrogen-bond acceptors (Lipinski definition) is 8. The summed E-state index contributed by atoms with van der Waals surface area (Å²) in [6.45, 7) is 2.91. The van der Waals surface area contributed by atoms with E-state index in [2.05, 4.69) is 38.1 Å². The third-order valence-corrected chi connectivity index (χ3v) is 4.97. The van der Waals surface area contributed by atoms with E-state index in [1.807, 2.05) is 11.2 Å². The normalized spacial score (nSPS) is 16.7. The number of nitrogens with one attached hydrogen (secondary N) is 3. The number of carbonyl (C=O) groups is 1. The molecule has 0 bridgehead atoms. The maximum atomic E-state index is 12.7. The predicted molar refractivity (Wildman–Crippen MR) is 118 cm³/mol. The first kappa shape index (κ1) is 19.8. The fourth-order valence-corrected chi connectivity index (χ4v) is 3.51. The lowest BCUT2D eigenvalue weighted by atomic mass is 10.2. The number of rotatable bonds is 5. The third kappa shape index (κ3) is 3.69. The second kappa shape index (κ2) is 8.19. The number of anilines is 1. The van der Waals surface area contributed by atoms with Crippen LogP contribution < -0.4 is 20.8 Å². The van der Waals surface area contributed by atoms with Crippen molar-refractivity contribution in [3.05, 3.63) is 54.7 Å². The van der Waals surface area contributed by atoms with E-state index in [1.54, 1.807) is 49.8 Å². The van der Waals surface area contributed by atoms with Gasteiger partial charge in [-0.05, 0) is 42.8 Å². The van der Waals surface area contributed by atoms with Crippen molar-refractivity contribution < 1.29 is 13.9 Å². The molecule has 2 aromatic heterocycles. The van der Waals surface area contributed by atoms with Gasteiger partial charge in [-0.3, -0.25) is 5.32 Å². The number of nitrogens with zero attached hydrogens (tertiary/aromatic N) is 5. The van der Waals surface area contributed by atoms with Crippen LogP contribution in [0, 0.1) is 0 Å². The number of amides is 2. The molecule has 0 unspecified atom stereocenters. The topological polar surface area (TPSA) is 122 Å². The van der Waals surface area contributed by atoms with E-state index >= 15 is 0 Å². The Morgan fingerprint density at radius 3 is 2.81 bits per heavy atom. The number of aromatic nitrogens is 3. The lowest BCUT2D eigenvalue weighted by Gasteiger charge is -2.21. The van der Waals surface area contributed by atoms with Crippen LogP contribution in [0.3, 0.4) is 0 Å². The fourth-order valence-electron chi connectivity index (χ4n) is 3.51. The van der Waals surface area contributed by atoms with Gasteiger partial charge in [0.15, 0.2) is 17.8 Å². The maximum absolute atomic E-state index is 12.7. The quantitative estimate of drug-likeness (QED) is 0.564. The minimum atomic E-state index is -0.453. The Bertz CT molecular complexity index is 1180. The molecule has 0 aliphatic carbocycles. The number of urea groups is 1. The molecule has 1 atom stereocenters. The number of ether oxygens (including phenoxy) is 1. The summed E-state index contributed by atoms with van der Waals surface area (Å²) in [5.41, 5.74) is 4.79. The Kier molecular flexibility index (Phi) is 5.07. The molecule has 0 saturated heterocycles. The first-order chi connectivity index (χ1) is 15.6. The van der Waals surface area contributed by atoms with Crippen LogP contribution in [0.2, 0.25) is 0 Å². The highest BCUT2D eigenvalue weighted by Gasteiger charge is 2.35. The molecule has 2 aliphatic heterocycles. The standard InChI is InChI=1S/C21H22N8O3/c1-3-10-28-12-15-17(26-28)24-20(25-21(30)22-13-6-8-14(31-2)9-7-13)29-19(15)23-18(27-29)16-5-4-11-32-16/h4-9,11-12,17,26H,3,10H2,1-2H3,(H2,22,24,25,30)/t17-/m1/s1. The van der Waals surface area contributed by atoms with Crippen LogP contribution in [-0.2, 0) is 0 Å². The fraction of sp³-hybridized carbons (Fsp3) is 0.238. The first-order valence-electron chi connectivity index (χ1n) is 10.2. The van der Waals surface area contributed by atoms with E-state index in [1.165, 1.54) is 4.68 Å². The van der Waals surface area contributed by atoms with Gasteiger partial charge in [0.25, 0.3) is 0 Å². The molecule has 2 amide bonds. The summed E-state index contributed by atoms with van der Waals surface area (Å²) in [5.74, 6) is 2.48. The zero-order valence-electron chi connectivity index (χ0n) is 17.6. The molecule has 4 heterocycles. The summed E-state index contributed by atoms with van der Waals surface area (Å²) in [4.78, 5) is 22.0. The second-order valence-electron chi connectivity index (χ2n) is 7.22. The highest BCUT2D eigenvalue weighted by Crippen LogP contribution is 2.29. The largest absolute Gasteiger partial charge is 0.497 e. The van der Waals surface area contributed by atoms with Gasteiger partial charge in [0.1, 0.15) is 5.75 Å². The average molecular weight is 434 g/mol. The van der Waals surface area contributed by atoms with Gasteiger partial charge >= 0.3 is 6.03 Å². The minimum absolute atomic E-state index is 0.254. The molecule has 3 aromatic rings. The maximum Gasteiger partial charge on any atom is 0.326 e. The Morgan fingerprint density at radius 1 is 1.25 bits per heavy atom. The number of hydrogen-bond donors (Lipinski definition) is 3. The van der Waals surface area contributed by atoms with Crippen LogP contribution in [0.25, 0.3) is 17.2 Å². The Labute approximate surface area is 183 Å². The number of methoxy groups -OCH3 is 1. The van der Waals surface area contributed by atoms with E-state index in [-0.39, 0.29) is 12.1 Å². The predicted octanol–water partition coefficient (Wildman–Crippen LogP) is 2.48. The summed E-state index contributed by atoms with van der Waals surface area (Å²) < 4.78 is 12.1. The lowest BCUT2D eigenvalue weighted by molar-refractivity contribution is 0.255. The van der Waals surface area contributed by atoms with Crippen LogP contribution in [0.1, 0.15) is 19.2 Å². The molecule has 0 fully saturated rings. The highest BCUT2D eigenvalue weighted by molar-refractivity contribution is 6.04. The lowest BCUT2D eigenvalue weighted by Crippen LogP contribution is -2.45. The minimum Gasteiger partial charge on any atom is -0.497 e. The zero-order chi connectivity index (χ0) is 22.1. The van der Waals surface area contributed by atoms with Gasteiger partial charge in [0.2, 0.25) is 11.8 Å². The van der Waals surface area contributed by atoms with Crippen molar-refractivity contribution in [2.75, 3.05) is 19.0 Å². The molecule has 3 N–H and O–H groups in total. The summed E-state index contributed by atoms with van der Waals surface area (Å²) in [7, 11) is 1.59. The molecule has 0 radical (unpaired) electrons. The van der Waals surface area contributed by atoms with Gasteiger partial charge in [-0.1, -0.05) is 6.92 Å². The SMILES string of the molecule is CCCN1C=C2c3nc(-c4ccco4)nn3C(NC(=O)Nc3ccc(OC)cc3)=N[C@@H]2N1. The van der Waals surface area contributed by atoms with Crippen LogP contribution in [0.4, 0.5) is 10.5 Å². The van der Waals surface area contributed by atoms with Crippen molar-refractivity contribution in [3.8, 4) is 17.3 Å². The van der Waals surface area contributed by atoms with Gasteiger partial charge in [-0.2, -0.15) is 4.68 Å². The van der Waals surface area contributed by atoms with E-state index in [4.69, 9.17) is 9.15 Å². The summed E-state index contributed by atoms with van der Waals surface area (Å²) >= 11 is 0. The van der Waals surface area contributed by atoms with Gasteiger partial charge in [0, 0.05) is 18.4 Å². The van der Waals surface area contributed by atoms with Crippen LogP contribution in [0.15, 0.2) is 58.3 Å². The Morgan fingerprint density at radius 2 is 2.09 bits per heavy atom. The van der Waals surface area contributed by atoms with Gasteiger partial charge in [-0.15, -0.1) is 5.10 Å². The number of aliphatic imine (C=N–C) groups is 1. The molecule has 11 heteroatoms. The Hall–Kier alpha value is -4.12. The number of fused-ring (bicyclic) bond motifs is 3. The molecular weight excluding hydrogens is 412 g/mol. The summed E-state index contributed by atoms with van der Waals surface area (Å²) in [6, 6.07) is 10.1. The van der Waals surface area contributed by atoms with Crippen LogP contribution in [-0.4, -0.2) is 51.6 Å². The Balaban J connectivity index is 1.43. The number of hydrazine groups is 1. The molecule has 164 valence electrons. The molecular formula is C21H22N8O3. The van der Waals surface area contributed by atoms with E-state index in [0.29, 0.717) is 28.8 Å². The van der Waals surface area contributed by atoms with Crippen molar-refractivity contribution in [1.29, 1.82) is 0 Å². The van der Waals surface area contributed by atoms with Crippen LogP contribution >= 0.6 is 0 Å². The van der Waals surface area contributed by atoms with Gasteiger partial charge < -0.3 is 19.5 Å². The van der Waals surface area contributed by atoms with Crippen LogP contribution in [0.5, 0.6) is 5.75 Å². The van der Waals surface area contributed by atoms with Crippen molar-refractivity contribution in [3.63, 3.8) is 0 Å². The van der Waals surface area contributed by atoms with Crippen molar-refractivity contribution in [1.82, 2.24) is 30.5 Å². The van der Waals surface area contributed by atoms with Gasteiger partial charge in [-0.25, -0.2) is 20.2 Å². The number of benzene rings is 1. The molecule has 0 spiro atoms. The van der Waals surface area contributed by atoms with E-state index < -0.39 is 6.03 Å². The average Bonchev–Trinajstić information content (AvgIpc) is 3.53. The smallest absolute Gasteiger partial charge is 0.326 e. The molecule has 11 nitrogen and oxygen atoms in total. The number of furan rings is 1. The summed E-state index contributed by atoms with van der Waals surface area (Å²) in [5, 5.41) is 12.1. The molecule has 32 heavy (non-hydrogen) atoms. The van der Waals surface area contributed by atoms with Crippen molar-refractivity contribution in [2.45, 2.75) is 19.5 Å². The first-order valence-corrected chi connectivity index (χ1v) is 10.2. The zero-order valence-corrected chi connectivity index (χ0v) is 17.6. The van der Waals surface area contributed by atoms with Crippen molar-refractivity contribution in [2.24, 2.45) is 4.99 Å². The van der Waals surface area contributed by atoms with Gasteiger partial charge in [0.05, 0.1) is 18.9 Å². The second-order valence-corrected chi connectivity index (χ2v) is 7.22. The third-order valence-electron chi connectivity index (χ3n) is 4.97. The number of carbonyl (C=O) groups excluding carboxylic acids is 1. The molecule has 5 rings (SSSR count). The summed E-state index contributed by atoms with van der Waals surface area (Å²) in [6.07, 6.45) is 4.12. The molecule has 2 aliphatic rings.